The van der Waals surface area contributed by atoms with E-state index in [4.69, 9.17) is 20.7 Å². The van der Waals surface area contributed by atoms with E-state index in [2.05, 4.69) is 15.1 Å². The topological polar surface area (TPSA) is 145 Å². The van der Waals surface area contributed by atoms with Crippen LogP contribution in [0.2, 0.25) is 0 Å². The van der Waals surface area contributed by atoms with Crippen molar-refractivity contribution in [1.82, 2.24) is 9.80 Å². The number of benzene rings is 3. The number of hydrogen-bond acceptors (Lipinski definition) is 7. The van der Waals surface area contributed by atoms with Gasteiger partial charge in [0.25, 0.3) is 0 Å². The molecule has 5 N–H and O–H groups in total. The number of hydrogen-bond donors (Lipinski definition) is 4. The number of nitrogen functional groups attached to an aromatic ring is 1. The molecule has 2 aliphatic heterocycles. The fourth-order valence-electron chi connectivity index (χ4n) is 4.42. The van der Waals surface area contributed by atoms with E-state index in [9.17, 15) is 14.4 Å². The van der Waals surface area contributed by atoms with Gasteiger partial charge >= 0.3 is 18.0 Å². The summed E-state index contributed by atoms with van der Waals surface area (Å²) in [6.07, 6.45) is -0.497. The van der Waals surface area contributed by atoms with Crippen LogP contribution < -0.4 is 11.1 Å². The molecule has 2 saturated heterocycles. The zero-order chi connectivity index (χ0) is 28.5. The molecule has 40 heavy (non-hydrogen) atoms. The summed E-state index contributed by atoms with van der Waals surface area (Å²) in [6, 6.07) is 24.6. The zero-order valence-electron chi connectivity index (χ0n) is 22.1. The van der Waals surface area contributed by atoms with Gasteiger partial charge in [-0.25, -0.2) is 4.79 Å². The summed E-state index contributed by atoms with van der Waals surface area (Å²) in [5, 5.41) is 20.3. The molecule has 2 heterocycles. The maximum atomic E-state index is 11.8. The molecule has 10 nitrogen and oxygen atoms in total. The Morgan fingerprint density at radius 2 is 1.20 bits per heavy atom. The molecule has 210 valence electrons. The highest BCUT2D eigenvalue weighted by Gasteiger charge is 2.32. The number of likely N-dealkylation sites (tertiary alicyclic amines) is 2. The van der Waals surface area contributed by atoms with Gasteiger partial charge in [0.15, 0.2) is 0 Å². The van der Waals surface area contributed by atoms with Crippen molar-refractivity contribution in [3.63, 3.8) is 0 Å². The Hall–Kier alpha value is -4.41. The van der Waals surface area contributed by atoms with Gasteiger partial charge in [-0.15, -0.1) is 0 Å². The fourth-order valence-corrected chi connectivity index (χ4v) is 4.42. The number of nitrogens with one attached hydrogen (secondary N) is 1. The second-order valence-electron chi connectivity index (χ2n) is 10.1. The quantitative estimate of drug-likeness (QED) is 0.295. The standard InChI is InChI=1S/C19H20N2O4.C11H14N2O2/c22-18(23)16-11-21(12-16)10-14-6-8-17(9-7-14)20-19(24)25-13-15-4-2-1-3-5-15;12-10-3-1-8(2-4-10)5-13-6-9(7-13)11(14)15/h1-9,16H,10-13H2,(H,20,24)(H,22,23);1-4,9H,5-7,12H2,(H,14,15). The average Bonchev–Trinajstić information content (AvgIpc) is 2.89. The van der Waals surface area contributed by atoms with Gasteiger partial charge < -0.3 is 20.7 Å². The fraction of sp³-hybridized carbons (Fsp3) is 0.300. The summed E-state index contributed by atoms with van der Waals surface area (Å²) in [6.45, 7) is 4.22. The first-order chi connectivity index (χ1) is 19.2. The van der Waals surface area contributed by atoms with Crippen molar-refractivity contribution in [3.05, 3.63) is 95.6 Å². The molecule has 0 bridgehead atoms. The van der Waals surface area contributed by atoms with Gasteiger partial charge in [-0.2, -0.15) is 0 Å². The van der Waals surface area contributed by atoms with Gasteiger partial charge in [0.05, 0.1) is 11.8 Å². The monoisotopic (exact) mass is 546 g/mol. The van der Waals surface area contributed by atoms with Gasteiger partial charge in [-0.3, -0.25) is 24.7 Å². The number of rotatable bonds is 9. The summed E-state index contributed by atoms with van der Waals surface area (Å²) in [5.41, 5.74) is 10.2. The molecule has 2 fully saturated rings. The molecular formula is C30H34N4O6. The van der Waals surface area contributed by atoms with E-state index in [1.807, 2.05) is 78.9 Å². The first kappa shape index (κ1) is 28.6. The van der Waals surface area contributed by atoms with E-state index in [0.717, 1.165) is 23.4 Å². The number of nitrogens with two attached hydrogens (primary N) is 1. The van der Waals surface area contributed by atoms with Gasteiger partial charge in [0, 0.05) is 50.6 Å². The lowest BCUT2D eigenvalue weighted by molar-refractivity contribution is -0.148. The second-order valence-corrected chi connectivity index (χ2v) is 10.1. The minimum Gasteiger partial charge on any atom is -0.481 e. The largest absolute Gasteiger partial charge is 0.481 e. The zero-order valence-corrected chi connectivity index (χ0v) is 22.1. The van der Waals surface area contributed by atoms with Crippen LogP contribution in [0.15, 0.2) is 78.9 Å². The summed E-state index contributed by atoms with van der Waals surface area (Å²) < 4.78 is 5.17. The molecule has 0 atom stereocenters. The molecule has 0 saturated carbocycles. The number of carboxylic acid groups (broad SMARTS) is 2. The molecule has 0 unspecified atom stereocenters. The van der Waals surface area contributed by atoms with Crippen molar-refractivity contribution < 1.29 is 29.3 Å². The van der Waals surface area contributed by atoms with Gasteiger partial charge in [-0.1, -0.05) is 54.6 Å². The van der Waals surface area contributed by atoms with Crippen LogP contribution in [0.5, 0.6) is 0 Å². The first-order valence-corrected chi connectivity index (χ1v) is 13.1. The van der Waals surface area contributed by atoms with E-state index in [0.29, 0.717) is 38.4 Å². The predicted molar refractivity (Wildman–Crippen MR) is 150 cm³/mol. The Kier molecular flexibility index (Phi) is 9.71. The van der Waals surface area contributed by atoms with Crippen LogP contribution >= 0.6 is 0 Å². The Morgan fingerprint density at radius 1 is 0.725 bits per heavy atom. The number of aliphatic carboxylic acids is 2. The first-order valence-electron chi connectivity index (χ1n) is 13.1. The van der Waals surface area contributed by atoms with Gasteiger partial charge in [0.1, 0.15) is 6.61 Å². The van der Waals surface area contributed by atoms with Crippen molar-refractivity contribution in [2.24, 2.45) is 11.8 Å². The van der Waals surface area contributed by atoms with E-state index in [1.165, 1.54) is 5.56 Å². The van der Waals surface area contributed by atoms with E-state index in [-0.39, 0.29) is 18.4 Å². The van der Waals surface area contributed by atoms with Crippen LogP contribution in [0.3, 0.4) is 0 Å². The third-order valence-electron chi connectivity index (χ3n) is 6.82. The summed E-state index contributed by atoms with van der Waals surface area (Å²) in [5.74, 6) is -1.85. The highest BCUT2D eigenvalue weighted by Crippen LogP contribution is 2.20. The molecule has 2 aliphatic rings. The number of carbonyl (C=O) groups is 3. The van der Waals surface area contributed by atoms with E-state index in [1.54, 1.807) is 0 Å². The Bertz CT molecular complexity index is 1270. The number of nitrogens with zero attached hydrogens (tertiary/aromatic N) is 2. The third kappa shape index (κ3) is 8.55. The van der Waals surface area contributed by atoms with Crippen LogP contribution in [0.1, 0.15) is 16.7 Å². The van der Waals surface area contributed by atoms with Crippen molar-refractivity contribution in [1.29, 1.82) is 0 Å². The van der Waals surface area contributed by atoms with Crippen molar-refractivity contribution in [2.75, 3.05) is 37.2 Å². The lowest BCUT2D eigenvalue weighted by Crippen LogP contribution is -2.49. The summed E-state index contributed by atoms with van der Waals surface area (Å²) >= 11 is 0. The molecule has 0 radical (unpaired) electrons. The smallest absolute Gasteiger partial charge is 0.411 e. The average molecular weight is 547 g/mol. The van der Waals surface area contributed by atoms with Crippen molar-refractivity contribution >= 4 is 29.4 Å². The molecule has 0 aliphatic carbocycles. The van der Waals surface area contributed by atoms with Crippen LogP contribution in [0, 0.1) is 11.8 Å². The lowest BCUT2D eigenvalue weighted by atomic mass is 9.99. The molecule has 10 heteroatoms. The van der Waals surface area contributed by atoms with Crippen LogP contribution in [0.4, 0.5) is 16.2 Å². The van der Waals surface area contributed by atoms with Crippen LogP contribution in [-0.2, 0) is 34.0 Å². The van der Waals surface area contributed by atoms with Crippen molar-refractivity contribution in [2.45, 2.75) is 19.7 Å². The minimum absolute atomic E-state index is 0.182. The molecule has 3 aromatic rings. The van der Waals surface area contributed by atoms with E-state index >= 15 is 0 Å². The maximum absolute atomic E-state index is 11.8. The Balaban J connectivity index is 0.000000210. The SMILES string of the molecule is Nc1ccc(CN2CC(C(=O)O)C2)cc1.O=C(Nc1ccc(CN2CC(C(=O)O)C2)cc1)OCc1ccccc1. The highest BCUT2D eigenvalue weighted by molar-refractivity contribution is 5.84. The molecule has 3 aromatic carbocycles. The number of anilines is 2. The second kappa shape index (κ2) is 13.6. The number of carbonyl (C=O) groups excluding carboxylic acids is 1. The van der Waals surface area contributed by atoms with Gasteiger partial charge in [0.2, 0.25) is 0 Å². The number of carboxylic acids is 2. The lowest BCUT2D eigenvalue weighted by Gasteiger charge is -2.36. The summed E-state index contributed by atoms with van der Waals surface area (Å²) in [7, 11) is 0. The molecule has 0 spiro atoms. The number of amides is 1. The van der Waals surface area contributed by atoms with Crippen LogP contribution in [0.25, 0.3) is 0 Å². The number of ether oxygens (including phenoxy) is 1. The molecule has 0 aromatic heterocycles. The Morgan fingerprint density at radius 3 is 1.68 bits per heavy atom. The third-order valence-corrected chi connectivity index (χ3v) is 6.82. The molecule has 5 rings (SSSR count). The maximum Gasteiger partial charge on any atom is 0.411 e. The Labute approximate surface area is 233 Å². The highest BCUT2D eigenvalue weighted by atomic mass is 16.5. The minimum atomic E-state index is -0.732. The van der Waals surface area contributed by atoms with Crippen molar-refractivity contribution in [3.8, 4) is 0 Å². The summed E-state index contributed by atoms with van der Waals surface area (Å²) in [4.78, 5) is 37.4. The van der Waals surface area contributed by atoms with Gasteiger partial charge in [-0.05, 0) is 41.0 Å². The van der Waals surface area contributed by atoms with Crippen LogP contribution in [-0.4, -0.2) is 64.2 Å². The molecule has 1 amide bonds. The predicted octanol–water partition coefficient (Wildman–Crippen LogP) is 3.74. The van der Waals surface area contributed by atoms with E-state index < -0.39 is 18.0 Å². The normalized spacial score (nSPS) is 15.6. The molecular weight excluding hydrogens is 512 g/mol.